The van der Waals surface area contributed by atoms with Crippen molar-refractivity contribution in [3.8, 4) is 0 Å². The van der Waals surface area contributed by atoms with Crippen LogP contribution in [0.2, 0.25) is 0 Å². The number of alkyl halides is 1. The summed E-state index contributed by atoms with van der Waals surface area (Å²) in [6, 6.07) is 0. The van der Waals surface area contributed by atoms with Gasteiger partial charge in [0.2, 0.25) is 0 Å². The molecular weight excluding hydrogens is 160 g/mol. The third kappa shape index (κ3) is 1.00. The molecular formula is C8H15ClN2. The molecule has 1 aliphatic heterocycles. The van der Waals surface area contributed by atoms with E-state index < -0.39 is 0 Å². The Bertz CT molecular complexity index is 169. The van der Waals surface area contributed by atoms with Gasteiger partial charge in [-0.2, -0.15) is 0 Å². The van der Waals surface area contributed by atoms with Crippen LogP contribution in [0.1, 0.15) is 19.3 Å². The Morgan fingerprint density at radius 2 is 2.36 bits per heavy atom. The van der Waals surface area contributed by atoms with Crippen molar-refractivity contribution in [3.05, 3.63) is 0 Å². The van der Waals surface area contributed by atoms with E-state index >= 15 is 0 Å². The maximum absolute atomic E-state index is 6.36. The van der Waals surface area contributed by atoms with E-state index in [4.69, 9.17) is 17.3 Å². The molecule has 1 heterocycles. The largest absolute Gasteiger partial charge is 0.330 e. The Hall–Kier alpha value is 0.210. The molecule has 0 unspecified atom stereocenters. The van der Waals surface area contributed by atoms with Crippen LogP contribution in [-0.4, -0.2) is 24.5 Å². The summed E-state index contributed by atoms with van der Waals surface area (Å²) in [6.45, 7) is 2.82. The fourth-order valence-corrected chi connectivity index (χ4v) is 2.77. The van der Waals surface area contributed by atoms with Gasteiger partial charge in [0.15, 0.2) is 0 Å². The first-order chi connectivity index (χ1) is 5.22. The average molecular weight is 175 g/mol. The second kappa shape index (κ2) is 2.35. The van der Waals surface area contributed by atoms with Crippen LogP contribution in [0.3, 0.4) is 0 Å². The molecule has 2 nitrogen and oxygen atoms in total. The third-order valence-corrected chi connectivity index (χ3v) is 3.92. The van der Waals surface area contributed by atoms with Crippen molar-refractivity contribution in [2.24, 2.45) is 11.1 Å². The zero-order valence-corrected chi connectivity index (χ0v) is 7.45. The second-order valence-electron chi connectivity index (χ2n) is 3.91. The number of nitrogens with one attached hydrogen (secondary N) is 1. The summed E-state index contributed by atoms with van der Waals surface area (Å²) in [4.78, 5) is 0.0122. The van der Waals surface area contributed by atoms with E-state index in [1.807, 2.05) is 0 Å². The van der Waals surface area contributed by atoms with Crippen molar-refractivity contribution in [2.45, 2.75) is 24.1 Å². The molecule has 64 valence electrons. The summed E-state index contributed by atoms with van der Waals surface area (Å²) in [5, 5.41) is 3.35. The highest BCUT2D eigenvalue weighted by Crippen LogP contribution is 2.63. The number of fused-ring (bicyclic) bond motifs is 1. The standard InChI is InChI=1S/C8H15ClN2/c9-8-4-7(8,5-10)2-1-3-11-6-8/h11H,1-6,10H2/t7-,8+/m1/s1. The smallest absolute Gasteiger partial charge is 0.0645 e. The minimum Gasteiger partial charge on any atom is -0.330 e. The fourth-order valence-electron chi connectivity index (χ4n) is 2.25. The molecule has 1 saturated heterocycles. The predicted octanol–water partition coefficient (Wildman–Crippen LogP) is 0.696. The highest BCUT2D eigenvalue weighted by molar-refractivity contribution is 6.27. The van der Waals surface area contributed by atoms with E-state index in [9.17, 15) is 0 Å². The Labute approximate surface area is 72.5 Å². The van der Waals surface area contributed by atoms with Crippen LogP contribution in [0.25, 0.3) is 0 Å². The first-order valence-electron chi connectivity index (χ1n) is 4.32. The van der Waals surface area contributed by atoms with Crippen LogP contribution < -0.4 is 11.1 Å². The Kier molecular flexibility index (Phi) is 1.67. The van der Waals surface area contributed by atoms with Gasteiger partial charge in [-0.25, -0.2) is 0 Å². The van der Waals surface area contributed by atoms with Gasteiger partial charge < -0.3 is 11.1 Å². The van der Waals surface area contributed by atoms with E-state index in [1.54, 1.807) is 0 Å². The molecule has 11 heavy (non-hydrogen) atoms. The molecule has 1 aliphatic carbocycles. The van der Waals surface area contributed by atoms with Crippen LogP contribution in [0, 0.1) is 5.41 Å². The average Bonchev–Trinajstić information content (AvgIpc) is 2.57. The number of hydrogen-bond donors (Lipinski definition) is 2. The van der Waals surface area contributed by atoms with Gasteiger partial charge in [0.05, 0.1) is 4.87 Å². The third-order valence-electron chi connectivity index (χ3n) is 3.25. The monoisotopic (exact) mass is 174 g/mol. The zero-order chi connectivity index (χ0) is 7.95. The lowest BCUT2D eigenvalue weighted by Crippen LogP contribution is -2.29. The van der Waals surface area contributed by atoms with Gasteiger partial charge in [-0.05, 0) is 32.4 Å². The van der Waals surface area contributed by atoms with E-state index in [0.717, 1.165) is 26.1 Å². The Balaban J connectivity index is 2.11. The Morgan fingerprint density at radius 3 is 3.09 bits per heavy atom. The van der Waals surface area contributed by atoms with Crippen molar-refractivity contribution < 1.29 is 0 Å². The van der Waals surface area contributed by atoms with E-state index in [0.29, 0.717) is 0 Å². The molecule has 2 aliphatic rings. The molecule has 2 fully saturated rings. The van der Waals surface area contributed by atoms with Gasteiger partial charge in [-0.3, -0.25) is 0 Å². The molecule has 2 atom stereocenters. The van der Waals surface area contributed by atoms with Gasteiger partial charge in [-0.1, -0.05) is 0 Å². The molecule has 0 aromatic rings. The number of hydrogen-bond acceptors (Lipinski definition) is 2. The van der Waals surface area contributed by atoms with Crippen LogP contribution in [0.5, 0.6) is 0 Å². The van der Waals surface area contributed by atoms with Gasteiger partial charge in [-0.15, -0.1) is 11.6 Å². The lowest BCUT2D eigenvalue weighted by molar-refractivity contribution is 0.453. The quantitative estimate of drug-likeness (QED) is 0.575. The summed E-state index contributed by atoms with van der Waals surface area (Å²) < 4.78 is 0. The fraction of sp³-hybridized carbons (Fsp3) is 1.00. The summed E-state index contributed by atoms with van der Waals surface area (Å²) in [5.74, 6) is 0. The zero-order valence-electron chi connectivity index (χ0n) is 6.70. The van der Waals surface area contributed by atoms with Crippen molar-refractivity contribution in [1.82, 2.24) is 5.32 Å². The first-order valence-corrected chi connectivity index (χ1v) is 4.70. The maximum atomic E-state index is 6.36. The van der Waals surface area contributed by atoms with E-state index in [1.165, 1.54) is 12.8 Å². The molecule has 0 aromatic carbocycles. The lowest BCUT2D eigenvalue weighted by Gasteiger charge is -2.15. The SMILES string of the molecule is NC[C@]12CCCNC[C@@]1(Cl)C2. The molecule has 0 spiro atoms. The Morgan fingerprint density at radius 1 is 1.55 bits per heavy atom. The summed E-state index contributed by atoms with van der Waals surface area (Å²) in [5.41, 5.74) is 6.01. The van der Waals surface area contributed by atoms with Crippen LogP contribution in [-0.2, 0) is 0 Å². The van der Waals surface area contributed by atoms with Crippen molar-refractivity contribution in [3.63, 3.8) is 0 Å². The highest BCUT2D eigenvalue weighted by atomic mass is 35.5. The number of nitrogens with two attached hydrogens (primary N) is 1. The van der Waals surface area contributed by atoms with Crippen molar-refractivity contribution in [1.29, 1.82) is 0 Å². The molecule has 0 aromatic heterocycles. The molecule has 1 saturated carbocycles. The minimum atomic E-state index is 0.0122. The lowest BCUT2D eigenvalue weighted by atomic mass is 9.98. The predicted molar refractivity (Wildman–Crippen MR) is 46.8 cm³/mol. The number of halogens is 1. The number of rotatable bonds is 1. The normalized spacial score (nSPS) is 49.6. The van der Waals surface area contributed by atoms with Crippen LogP contribution >= 0.6 is 11.6 Å². The topological polar surface area (TPSA) is 38.0 Å². The van der Waals surface area contributed by atoms with E-state index in [2.05, 4.69) is 5.32 Å². The van der Waals surface area contributed by atoms with Gasteiger partial charge in [0, 0.05) is 12.0 Å². The minimum absolute atomic E-state index is 0.0122. The molecule has 0 radical (unpaired) electrons. The maximum Gasteiger partial charge on any atom is 0.0645 e. The van der Waals surface area contributed by atoms with Gasteiger partial charge in [0.25, 0.3) is 0 Å². The summed E-state index contributed by atoms with van der Waals surface area (Å²) in [7, 11) is 0. The molecule has 3 heteroatoms. The summed E-state index contributed by atoms with van der Waals surface area (Å²) in [6.07, 6.45) is 3.55. The van der Waals surface area contributed by atoms with Crippen LogP contribution in [0.4, 0.5) is 0 Å². The van der Waals surface area contributed by atoms with Crippen molar-refractivity contribution in [2.75, 3.05) is 19.6 Å². The molecule has 2 rings (SSSR count). The molecule has 0 bridgehead atoms. The summed E-state index contributed by atoms with van der Waals surface area (Å²) >= 11 is 6.36. The molecule has 3 N–H and O–H groups in total. The molecule has 0 amide bonds. The van der Waals surface area contributed by atoms with Gasteiger partial charge in [0.1, 0.15) is 0 Å². The van der Waals surface area contributed by atoms with Crippen molar-refractivity contribution >= 4 is 11.6 Å². The van der Waals surface area contributed by atoms with Crippen LogP contribution in [0.15, 0.2) is 0 Å². The first kappa shape index (κ1) is 7.84. The van der Waals surface area contributed by atoms with E-state index in [-0.39, 0.29) is 10.3 Å². The second-order valence-corrected chi connectivity index (χ2v) is 4.63. The highest BCUT2D eigenvalue weighted by Gasteiger charge is 2.65. The van der Waals surface area contributed by atoms with Gasteiger partial charge >= 0.3 is 0 Å².